The van der Waals surface area contributed by atoms with Gasteiger partial charge in [0.2, 0.25) is 0 Å². The van der Waals surface area contributed by atoms with E-state index < -0.39 is 5.97 Å². The average molecular weight is 310 g/mol. The summed E-state index contributed by atoms with van der Waals surface area (Å²) >= 11 is 6.01. The Balaban J connectivity index is 1.71. The summed E-state index contributed by atoms with van der Waals surface area (Å²) < 4.78 is 0. The molecular weight excluding hydrogens is 290 g/mol. The normalized spacial score (nSPS) is 28.7. The summed E-state index contributed by atoms with van der Waals surface area (Å²) in [5.74, 6) is -0.115. The molecule has 2 bridgehead atoms. The lowest BCUT2D eigenvalue weighted by Gasteiger charge is -2.38. The van der Waals surface area contributed by atoms with Crippen molar-refractivity contribution in [3.63, 3.8) is 0 Å². The van der Waals surface area contributed by atoms with Crippen molar-refractivity contribution >= 4 is 17.6 Å². The first-order chi connectivity index (χ1) is 10.0. The van der Waals surface area contributed by atoms with Crippen LogP contribution in [0.2, 0.25) is 5.02 Å². The molecule has 2 fully saturated rings. The van der Waals surface area contributed by atoms with Crippen LogP contribution in [0, 0.1) is 5.92 Å². The van der Waals surface area contributed by atoms with Gasteiger partial charge in [-0.3, -0.25) is 9.69 Å². The fourth-order valence-electron chi connectivity index (χ4n) is 3.94. The number of piperidine rings is 1. The average Bonchev–Trinajstić information content (AvgIpc) is 2.65. The number of nitrogens with zero attached hydrogens (tertiary/aromatic N) is 1. The molecule has 2 aliphatic heterocycles. The fourth-order valence-corrected chi connectivity index (χ4v) is 4.13. The largest absolute Gasteiger partial charge is 0.508 e. The van der Waals surface area contributed by atoms with Gasteiger partial charge in [0.15, 0.2) is 0 Å². The molecule has 114 valence electrons. The number of fused-ring (bicyclic) bond motifs is 2. The maximum Gasteiger partial charge on any atom is 0.303 e. The van der Waals surface area contributed by atoms with Crippen molar-refractivity contribution in [1.29, 1.82) is 0 Å². The zero-order chi connectivity index (χ0) is 15.0. The molecule has 5 heteroatoms. The van der Waals surface area contributed by atoms with Crippen LogP contribution in [0.5, 0.6) is 5.75 Å². The molecule has 3 rings (SSSR count). The Hall–Kier alpha value is -1.26. The van der Waals surface area contributed by atoms with E-state index in [1.807, 2.05) is 6.07 Å². The Bertz CT molecular complexity index is 534. The van der Waals surface area contributed by atoms with Gasteiger partial charge in [0.05, 0.1) is 0 Å². The number of benzene rings is 1. The van der Waals surface area contributed by atoms with Crippen LogP contribution in [-0.4, -0.2) is 33.2 Å². The minimum absolute atomic E-state index is 0.281. The highest BCUT2D eigenvalue weighted by Gasteiger charge is 2.41. The van der Waals surface area contributed by atoms with Gasteiger partial charge in [-0.05, 0) is 49.8 Å². The van der Waals surface area contributed by atoms with E-state index in [0.29, 0.717) is 29.6 Å². The van der Waals surface area contributed by atoms with Crippen LogP contribution in [0.4, 0.5) is 0 Å². The van der Waals surface area contributed by atoms with Gasteiger partial charge >= 0.3 is 5.97 Å². The van der Waals surface area contributed by atoms with E-state index in [0.717, 1.165) is 31.2 Å². The molecule has 2 aliphatic rings. The number of halogens is 1. The number of carboxylic acids is 1. The van der Waals surface area contributed by atoms with Gasteiger partial charge in [-0.15, -0.1) is 0 Å². The third kappa shape index (κ3) is 3.16. The van der Waals surface area contributed by atoms with Crippen LogP contribution in [0.3, 0.4) is 0 Å². The molecule has 0 aliphatic carbocycles. The molecule has 0 aromatic heterocycles. The zero-order valence-electron chi connectivity index (χ0n) is 11.8. The number of hydrogen-bond donors (Lipinski definition) is 2. The Morgan fingerprint density at radius 1 is 1.29 bits per heavy atom. The topological polar surface area (TPSA) is 60.8 Å². The van der Waals surface area contributed by atoms with Crippen LogP contribution in [0.25, 0.3) is 0 Å². The number of carboxylic acid groups (broad SMARTS) is 1. The first kappa shape index (κ1) is 14.7. The predicted octanol–water partition coefficient (Wildman–Crippen LogP) is 3.26. The lowest BCUT2D eigenvalue weighted by atomic mass is 9.88. The van der Waals surface area contributed by atoms with Gasteiger partial charge in [0.25, 0.3) is 0 Å². The monoisotopic (exact) mass is 309 g/mol. The molecule has 2 saturated heterocycles. The van der Waals surface area contributed by atoms with Gasteiger partial charge in [0, 0.05) is 35.6 Å². The van der Waals surface area contributed by atoms with Crippen molar-refractivity contribution in [2.45, 2.75) is 50.7 Å². The SMILES string of the molecule is O=C(O)CC1CC2CCC(C1)N2Cc1cc(Cl)ccc1O. The van der Waals surface area contributed by atoms with Crippen LogP contribution in [0.15, 0.2) is 18.2 Å². The van der Waals surface area contributed by atoms with E-state index >= 15 is 0 Å². The number of aliphatic carboxylic acids is 1. The lowest BCUT2D eigenvalue weighted by molar-refractivity contribution is -0.138. The lowest BCUT2D eigenvalue weighted by Crippen LogP contribution is -2.42. The predicted molar refractivity (Wildman–Crippen MR) is 80.4 cm³/mol. The van der Waals surface area contributed by atoms with Crippen molar-refractivity contribution in [2.24, 2.45) is 5.92 Å². The van der Waals surface area contributed by atoms with E-state index in [4.69, 9.17) is 16.7 Å². The van der Waals surface area contributed by atoms with Crippen LogP contribution < -0.4 is 0 Å². The third-order valence-corrected chi connectivity index (χ3v) is 5.07. The Morgan fingerprint density at radius 2 is 1.95 bits per heavy atom. The maximum absolute atomic E-state index is 10.9. The number of hydrogen-bond acceptors (Lipinski definition) is 3. The molecule has 1 aromatic rings. The summed E-state index contributed by atoms with van der Waals surface area (Å²) in [6, 6.07) is 6.02. The second-order valence-corrected chi connectivity index (χ2v) is 6.70. The van der Waals surface area contributed by atoms with E-state index in [1.54, 1.807) is 12.1 Å². The van der Waals surface area contributed by atoms with E-state index in [1.165, 1.54) is 0 Å². The molecule has 4 nitrogen and oxygen atoms in total. The first-order valence-corrected chi connectivity index (χ1v) is 7.85. The standard InChI is InChI=1S/C16H20ClNO3/c17-12-1-4-15(19)11(8-12)9-18-13-2-3-14(18)6-10(5-13)7-16(20)21/h1,4,8,10,13-14,19H,2-3,5-7,9H2,(H,20,21). The molecule has 1 aromatic carbocycles. The molecule has 21 heavy (non-hydrogen) atoms. The van der Waals surface area contributed by atoms with Crippen LogP contribution >= 0.6 is 11.6 Å². The summed E-state index contributed by atoms with van der Waals surface area (Å²) in [7, 11) is 0. The molecule has 2 N–H and O–H groups in total. The Kier molecular flexibility index (Phi) is 4.09. The van der Waals surface area contributed by atoms with Crippen LogP contribution in [-0.2, 0) is 11.3 Å². The van der Waals surface area contributed by atoms with Gasteiger partial charge in [-0.1, -0.05) is 11.6 Å². The Labute approximate surface area is 129 Å². The number of carbonyl (C=O) groups is 1. The van der Waals surface area contributed by atoms with Crippen molar-refractivity contribution in [3.8, 4) is 5.75 Å². The van der Waals surface area contributed by atoms with E-state index in [9.17, 15) is 9.90 Å². The number of phenolic OH excluding ortho intramolecular Hbond substituents is 1. The number of aromatic hydroxyl groups is 1. The summed E-state index contributed by atoms with van der Waals surface area (Å²) in [6.07, 6.45) is 4.43. The van der Waals surface area contributed by atoms with Crippen molar-refractivity contribution in [1.82, 2.24) is 4.90 Å². The Morgan fingerprint density at radius 3 is 2.57 bits per heavy atom. The molecule has 2 unspecified atom stereocenters. The highest BCUT2D eigenvalue weighted by molar-refractivity contribution is 6.30. The highest BCUT2D eigenvalue weighted by atomic mass is 35.5. The second kappa shape index (κ2) is 5.85. The van der Waals surface area contributed by atoms with Crippen molar-refractivity contribution in [3.05, 3.63) is 28.8 Å². The highest BCUT2D eigenvalue weighted by Crippen LogP contribution is 2.41. The molecule has 2 heterocycles. The summed E-state index contributed by atoms with van der Waals surface area (Å²) in [5.41, 5.74) is 0.857. The van der Waals surface area contributed by atoms with E-state index in [2.05, 4.69) is 4.90 Å². The van der Waals surface area contributed by atoms with E-state index in [-0.39, 0.29) is 12.2 Å². The fraction of sp³-hybridized carbons (Fsp3) is 0.562. The molecule has 0 amide bonds. The quantitative estimate of drug-likeness (QED) is 0.896. The smallest absolute Gasteiger partial charge is 0.303 e. The third-order valence-electron chi connectivity index (χ3n) is 4.84. The summed E-state index contributed by atoms with van der Waals surface area (Å²) in [6.45, 7) is 0.696. The van der Waals surface area contributed by atoms with Crippen molar-refractivity contribution < 1.29 is 15.0 Å². The molecule has 0 spiro atoms. The minimum atomic E-state index is -0.694. The second-order valence-electron chi connectivity index (χ2n) is 6.27. The summed E-state index contributed by atoms with van der Waals surface area (Å²) in [5, 5.41) is 19.6. The molecule has 0 radical (unpaired) electrons. The van der Waals surface area contributed by atoms with Gasteiger partial charge in [-0.25, -0.2) is 0 Å². The van der Waals surface area contributed by atoms with Gasteiger partial charge in [-0.2, -0.15) is 0 Å². The minimum Gasteiger partial charge on any atom is -0.508 e. The molecule has 2 atom stereocenters. The molecule has 0 saturated carbocycles. The van der Waals surface area contributed by atoms with Crippen LogP contribution in [0.1, 0.15) is 37.7 Å². The zero-order valence-corrected chi connectivity index (χ0v) is 12.6. The first-order valence-electron chi connectivity index (χ1n) is 7.48. The molecular formula is C16H20ClNO3. The van der Waals surface area contributed by atoms with Crippen molar-refractivity contribution in [2.75, 3.05) is 0 Å². The maximum atomic E-state index is 10.9. The van der Waals surface area contributed by atoms with Gasteiger partial charge < -0.3 is 10.2 Å². The summed E-state index contributed by atoms with van der Waals surface area (Å²) in [4.78, 5) is 13.3. The van der Waals surface area contributed by atoms with Gasteiger partial charge in [0.1, 0.15) is 5.75 Å². The number of rotatable bonds is 4. The number of phenols is 1.